The van der Waals surface area contributed by atoms with E-state index in [0.717, 1.165) is 10.1 Å². The number of hydrogen-bond acceptors (Lipinski definition) is 6. The van der Waals surface area contributed by atoms with Gasteiger partial charge in [0.15, 0.2) is 0 Å². The summed E-state index contributed by atoms with van der Waals surface area (Å²) < 4.78 is 34.1. The molecule has 2 heterocycles. The molecule has 1 saturated heterocycles. The quantitative estimate of drug-likeness (QED) is 0.676. The van der Waals surface area contributed by atoms with Gasteiger partial charge in [0.2, 0.25) is 10.0 Å². The van der Waals surface area contributed by atoms with Crippen molar-refractivity contribution in [1.82, 2.24) is 4.31 Å². The molecule has 0 bridgehead atoms. The van der Waals surface area contributed by atoms with E-state index in [1.54, 1.807) is 0 Å². The highest BCUT2D eigenvalue weighted by Gasteiger charge is 2.34. The summed E-state index contributed by atoms with van der Waals surface area (Å²) in [6, 6.07) is 12.9. The van der Waals surface area contributed by atoms with Crippen molar-refractivity contribution in [2.45, 2.75) is 11.0 Å². The van der Waals surface area contributed by atoms with Crippen LogP contribution in [0.2, 0.25) is 0 Å². The van der Waals surface area contributed by atoms with Crippen molar-refractivity contribution in [3.8, 4) is 5.75 Å². The van der Waals surface area contributed by atoms with Crippen molar-refractivity contribution in [1.29, 1.82) is 0 Å². The second-order valence-electron chi connectivity index (χ2n) is 6.42. The summed E-state index contributed by atoms with van der Waals surface area (Å²) in [5.74, 6) is -0.562. The fourth-order valence-corrected chi connectivity index (χ4v) is 5.89. The monoisotopic (exact) mass is 418 g/mol. The van der Waals surface area contributed by atoms with E-state index in [9.17, 15) is 18.3 Å². The summed E-state index contributed by atoms with van der Waals surface area (Å²) in [7, 11) is -3.76. The highest BCUT2D eigenvalue weighted by Crippen LogP contribution is 2.38. The molecule has 0 unspecified atom stereocenters. The van der Waals surface area contributed by atoms with Crippen molar-refractivity contribution in [2.24, 2.45) is 5.73 Å². The van der Waals surface area contributed by atoms with E-state index in [2.05, 4.69) is 0 Å². The van der Waals surface area contributed by atoms with Crippen LogP contribution in [0.15, 0.2) is 53.4 Å². The van der Waals surface area contributed by atoms with Gasteiger partial charge in [0.25, 0.3) is 5.91 Å². The lowest BCUT2D eigenvalue weighted by molar-refractivity contribution is -0.00188. The number of thiophene rings is 1. The molecular weight excluding hydrogens is 400 g/mol. The lowest BCUT2D eigenvalue weighted by Crippen LogP contribution is -2.42. The van der Waals surface area contributed by atoms with Gasteiger partial charge >= 0.3 is 0 Å². The fraction of sp³-hybridized carbons (Fsp3) is 0.211. The van der Waals surface area contributed by atoms with Crippen LogP contribution < -0.4 is 5.73 Å². The number of amides is 1. The summed E-state index contributed by atoms with van der Waals surface area (Å²) in [4.78, 5) is 12.5. The minimum absolute atomic E-state index is 0.00496. The lowest BCUT2D eigenvalue weighted by Gasteiger charge is -2.32. The van der Waals surface area contributed by atoms with Gasteiger partial charge in [0, 0.05) is 23.4 Å². The zero-order valence-electron chi connectivity index (χ0n) is 14.7. The van der Waals surface area contributed by atoms with Crippen LogP contribution in [0.4, 0.5) is 0 Å². The van der Waals surface area contributed by atoms with Gasteiger partial charge in [0.05, 0.1) is 22.5 Å². The normalized spacial score (nSPS) is 18.4. The van der Waals surface area contributed by atoms with Crippen LogP contribution in [0.5, 0.6) is 5.75 Å². The molecule has 1 atom stereocenters. The third-order valence-electron chi connectivity index (χ3n) is 4.68. The molecule has 0 saturated carbocycles. The van der Waals surface area contributed by atoms with E-state index in [1.165, 1.54) is 39.9 Å². The van der Waals surface area contributed by atoms with E-state index in [0.29, 0.717) is 10.4 Å². The average Bonchev–Trinajstić information content (AvgIpc) is 3.08. The predicted molar refractivity (Wildman–Crippen MR) is 106 cm³/mol. The molecule has 1 aromatic heterocycles. The number of nitrogens with zero attached hydrogens (tertiary/aromatic N) is 1. The minimum Gasteiger partial charge on any atom is -0.508 e. The highest BCUT2D eigenvalue weighted by molar-refractivity contribution is 7.89. The van der Waals surface area contributed by atoms with E-state index < -0.39 is 22.0 Å². The van der Waals surface area contributed by atoms with Crippen molar-refractivity contribution in [3.63, 3.8) is 0 Å². The zero-order valence-corrected chi connectivity index (χ0v) is 16.4. The molecule has 0 radical (unpaired) electrons. The first kappa shape index (κ1) is 18.9. The Kier molecular flexibility index (Phi) is 4.84. The number of phenolic OH excluding ortho intramolecular Hbond substituents is 1. The summed E-state index contributed by atoms with van der Waals surface area (Å²) in [5.41, 5.74) is 6.21. The van der Waals surface area contributed by atoms with Crippen molar-refractivity contribution in [2.75, 3.05) is 19.7 Å². The van der Waals surface area contributed by atoms with Crippen LogP contribution >= 0.6 is 11.3 Å². The molecule has 1 aliphatic rings. The van der Waals surface area contributed by atoms with Crippen LogP contribution in [0.1, 0.15) is 21.3 Å². The third-order valence-corrected chi connectivity index (χ3v) is 7.76. The zero-order chi connectivity index (χ0) is 19.9. The van der Waals surface area contributed by atoms with Crippen LogP contribution in [-0.4, -0.2) is 43.4 Å². The van der Waals surface area contributed by atoms with Crippen molar-refractivity contribution in [3.05, 3.63) is 59.0 Å². The first-order chi connectivity index (χ1) is 13.4. The molecule has 1 aliphatic heterocycles. The second-order valence-corrected chi connectivity index (χ2v) is 9.41. The Hall–Kier alpha value is -2.46. The SMILES string of the molecule is NC(=O)c1sc2ccccc2c1[C@@H]1CN(S(=O)(=O)c2ccc(O)cc2)CCO1. The molecule has 7 nitrogen and oxygen atoms in total. The van der Waals surface area contributed by atoms with Crippen LogP contribution in [-0.2, 0) is 14.8 Å². The number of aromatic hydroxyl groups is 1. The summed E-state index contributed by atoms with van der Waals surface area (Å²) in [5, 5.41) is 10.3. The van der Waals surface area contributed by atoms with Gasteiger partial charge in [-0.2, -0.15) is 4.31 Å². The van der Waals surface area contributed by atoms with Crippen LogP contribution in [0.3, 0.4) is 0 Å². The van der Waals surface area contributed by atoms with Gasteiger partial charge in [-0.1, -0.05) is 18.2 Å². The molecule has 28 heavy (non-hydrogen) atoms. The molecule has 3 N–H and O–H groups in total. The molecule has 0 spiro atoms. The van der Waals surface area contributed by atoms with E-state index in [4.69, 9.17) is 10.5 Å². The Balaban J connectivity index is 1.72. The Morgan fingerprint density at radius 2 is 1.89 bits per heavy atom. The topological polar surface area (TPSA) is 110 Å². The highest BCUT2D eigenvalue weighted by atomic mass is 32.2. The summed E-state index contributed by atoms with van der Waals surface area (Å²) in [6.45, 7) is 0.474. The van der Waals surface area contributed by atoms with E-state index in [1.807, 2.05) is 24.3 Å². The van der Waals surface area contributed by atoms with Crippen LogP contribution in [0.25, 0.3) is 10.1 Å². The summed E-state index contributed by atoms with van der Waals surface area (Å²) >= 11 is 1.28. The van der Waals surface area contributed by atoms with E-state index >= 15 is 0 Å². The fourth-order valence-electron chi connectivity index (χ4n) is 3.35. The number of carbonyl (C=O) groups excluding carboxylic acids is 1. The first-order valence-corrected chi connectivity index (χ1v) is 10.9. The number of benzene rings is 2. The summed E-state index contributed by atoms with van der Waals surface area (Å²) in [6.07, 6.45) is -0.598. The van der Waals surface area contributed by atoms with Gasteiger partial charge in [-0.3, -0.25) is 4.79 Å². The molecule has 1 amide bonds. The average molecular weight is 418 g/mol. The maximum atomic E-state index is 13.0. The standard InChI is InChI=1S/C19H18N2O5S2/c20-19(23)18-17(14-3-1-2-4-16(14)27-18)15-11-21(9-10-26-15)28(24,25)13-7-5-12(22)6-8-13/h1-8,15,22H,9-11H2,(H2,20,23)/t15-/m0/s1. The third kappa shape index (κ3) is 3.26. The Bertz CT molecular complexity index is 1140. The van der Waals surface area contributed by atoms with Crippen molar-refractivity contribution >= 4 is 37.4 Å². The number of sulfonamides is 1. The Labute approximate surface area is 166 Å². The molecule has 1 fully saturated rings. The Morgan fingerprint density at radius 3 is 2.61 bits per heavy atom. The number of nitrogens with two attached hydrogens (primary N) is 1. The smallest absolute Gasteiger partial charge is 0.259 e. The van der Waals surface area contributed by atoms with E-state index in [-0.39, 0.29) is 30.3 Å². The van der Waals surface area contributed by atoms with Gasteiger partial charge in [-0.05, 0) is 35.7 Å². The van der Waals surface area contributed by atoms with Gasteiger partial charge in [-0.25, -0.2) is 8.42 Å². The number of carbonyl (C=O) groups is 1. The van der Waals surface area contributed by atoms with Crippen LogP contribution in [0, 0.1) is 0 Å². The number of ether oxygens (including phenoxy) is 1. The number of morpholine rings is 1. The molecule has 2 aromatic carbocycles. The second kappa shape index (κ2) is 7.17. The molecule has 4 rings (SSSR count). The largest absolute Gasteiger partial charge is 0.508 e. The number of hydrogen-bond donors (Lipinski definition) is 2. The number of fused-ring (bicyclic) bond motifs is 1. The van der Waals surface area contributed by atoms with Gasteiger partial charge in [0.1, 0.15) is 5.75 Å². The molecule has 146 valence electrons. The van der Waals surface area contributed by atoms with Gasteiger partial charge in [-0.15, -0.1) is 11.3 Å². The maximum absolute atomic E-state index is 13.0. The lowest BCUT2D eigenvalue weighted by atomic mass is 10.0. The molecule has 3 aromatic rings. The predicted octanol–water partition coefficient (Wildman–Crippen LogP) is 2.47. The first-order valence-electron chi connectivity index (χ1n) is 8.60. The van der Waals surface area contributed by atoms with Gasteiger partial charge < -0.3 is 15.6 Å². The molecular formula is C19H18N2O5S2. The van der Waals surface area contributed by atoms with Crippen molar-refractivity contribution < 1.29 is 23.1 Å². The number of phenols is 1. The molecule has 0 aliphatic carbocycles. The minimum atomic E-state index is -3.76. The number of primary amides is 1. The Morgan fingerprint density at radius 1 is 1.18 bits per heavy atom. The maximum Gasteiger partial charge on any atom is 0.259 e. The number of rotatable bonds is 4. The molecule has 9 heteroatoms.